The molecule has 0 aliphatic rings. The summed E-state index contributed by atoms with van der Waals surface area (Å²) in [6.45, 7) is 0. The van der Waals surface area contributed by atoms with E-state index in [2.05, 4.69) is 47.0 Å². The van der Waals surface area contributed by atoms with Gasteiger partial charge in [0.2, 0.25) is 0 Å². The summed E-state index contributed by atoms with van der Waals surface area (Å²) in [5, 5.41) is 2.16. The van der Waals surface area contributed by atoms with Gasteiger partial charge in [-0.05, 0) is 76.7 Å². The van der Waals surface area contributed by atoms with Gasteiger partial charge in [-0.25, -0.2) is 4.98 Å². The Morgan fingerprint density at radius 3 is 1.83 bits per heavy atom. The first-order valence-corrected chi connectivity index (χ1v) is 11.4. The normalized spacial score (nSPS) is 11.3. The molecule has 0 aliphatic carbocycles. The van der Waals surface area contributed by atoms with Crippen molar-refractivity contribution >= 4 is 27.5 Å². The molecule has 0 fully saturated rings. The first-order chi connectivity index (χ1) is 17.2. The molecule has 0 N–H and O–H groups in total. The number of imidazole rings is 1. The predicted molar refractivity (Wildman–Crippen MR) is 141 cm³/mol. The maximum atomic E-state index is 5.63. The van der Waals surface area contributed by atoms with E-state index in [1.54, 1.807) is 21.3 Å². The van der Waals surface area contributed by atoms with Gasteiger partial charge in [0.25, 0.3) is 0 Å². The van der Waals surface area contributed by atoms with Crippen LogP contribution in [-0.2, 0) is 0 Å². The van der Waals surface area contributed by atoms with E-state index in [0.717, 1.165) is 67.0 Å². The molecule has 0 saturated carbocycles. The lowest BCUT2D eigenvalue weighted by molar-refractivity contribution is 0.414. The first-order valence-electron chi connectivity index (χ1n) is 11.4. The third kappa shape index (κ3) is 3.36. The van der Waals surface area contributed by atoms with Crippen LogP contribution in [0, 0.1) is 0 Å². The molecule has 5 heteroatoms. The number of rotatable bonds is 5. The zero-order valence-corrected chi connectivity index (χ0v) is 19.8. The SMILES string of the molecule is COc1ccc(-c2c(-c3ccc(OC)cc3)c3c(nc4ccccn43)c3ccc(OC)cc23)cc1. The summed E-state index contributed by atoms with van der Waals surface area (Å²) in [4.78, 5) is 5.06. The second kappa shape index (κ2) is 8.37. The Bertz CT molecular complexity index is 1680. The van der Waals surface area contributed by atoms with E-state index in [0.29, 0.717) is 0 Å². The zero-order chi connectivity index (χ0) is 23.9. The van der Waals surface area contributed by atoms with E-state index in [1.165, 1.54) is 0 Å². The van der Waals surface area contributed by atoms with Crippen molar-refractivity contribution in [3.05, 3.63) is 91.1 Å². The summed E-state index contributed by atoms with van der Waals surface area (Å²) in [6.07, 6.45) is 2.07. The molecule has 6 aromatic rings. The number of hydrogen-bond acceptors (Lipinski definition) is 4. The topological polar surface area (TPSA) is 45.0 Å². The summed E-state index contributed by atoms with van der Waals surface area (Å²) in [5.74, 6) is 2.44. The van der Waals surface area contributed by atoms with E-state index < -0.39 is 0 Å². The Balaban J connectivity index is 1.84. The van der Waals surface area contributed by atoms with Crippen LogP contribution in [0.25, 0.3) is 49.7 Å². The van der Waals surface area contributed by atoms with Crippen LogP contribution in [0.1, 0.15) is 0 Å². The fourth-order valence-electron chi connectivity index (χ4n) is 4.84. The third-order valence-electron chi connectivity index (χ3n) is 6.53. The minimum absolute atomic E-state index is 0.802. The molecule has 0 spiro atoms. The Labute approximate surface area is 203 Å². The second-order valence-electron chi connectivity index (χ2n) is 8.36. The van der Waals surface area contributed by atoms with Crippen LogP contribution < -0.4 is 14.2 Å². The van der Waals surface area contributed by atoms with Crippen LogP contribution in [0.4, 0.5) is 0 Å². The fourth-order valence-corrected chi connectivity index (χ4v) is 4.84. The highest BCUT2D eigenvalue weighted by Gasteiger charge is 2.22. The fraction of sp³-hybridized carbons (Fsp3) is 0.100. The highest BCUT2D eigenvalue weighted by molar-refractivity contribution is 6.20. The molecule has 0 bridgehead atoms. The number of methoxy groups -OCH3 is 3. The highest BCUT2D eigenvalue weighted by Crippen LogP contribution is 2.46. The molecule has 0 radical (unpaired) electrons. The Kier molecular flexibility index (Phi) is 5.03. The van der Waals surface area contributed by atoms with Gasteiger partial charge in [0.15, 0.2) is 0 Å². The number of nitrogens with zero attached hydrogens (tertiary/aromatic N) is 2. The lowest BCUT2D eigenvalue weighted by Gasteiger charge is -2.18. The number of hydrogen-bond donors (Lipinski definition) is 0. The zero-order valence-electron chi connectivity index (χ0n) is 19.8. The van der Waals surface area contributed by atoms with Crippen molar-refractivity contribution < 1.29 is 14.2 Å². The smallest absolute Gasteiger partial charge is 0.137 e. The van der Waals surface area contributed by atoms with E-state index in [9.17, 15) is 0 Å². The molecular formula is C30H24N2O3. The first kappa shape index (κ1) is 21.1. The Morgan fingerprint density at radius 1 is 0.600 bits per heavy atom. The second-order valence-corrected chi connectivity index (χ2v) is 8.36. The van der Waals surface area contributed by atoms with Gasteiger partial charge in [-0.1, -0.05) is 30.3 Å². The minimum atomic E-state index is 0.802. The summed E-state index contributed by atoms with van der Waals surface area (Å²) < 4.78 is 18.7. The van der Waals surface area contributed by atoms with Crippen LogP contribution in [0.5, 0.6) is 17.2 Å². The van der Waals surface area contributed by atoms with E-state index in [-0.39, 0.29) is 0 Å². The van der Waals surface area contributed by atoms with Crippen molar-refractivity contribution in [3.63, 3.8) is 0 Å². The molecule has 35 heavy (non-hydrogen) atoms. The van der Waals surface area contributed by atoms with Gasteiger partial charge in [-0.2, -0.15) is 0 Å². The molecule has 2 heterocycles. The number of aromatic nitrogens is 2. The lowest BCUT2D eigenvalue weighted by Crippen LogP contribution is -1.95. The van der Waals surface area contributed by atoms with Crippen molar-refractivity contribution in [1.29, 1.82) is 0 Å². The molecule has 0 unspecified atom stereocenters. The molecule has 4 aromatic carbocycles. The largest absolute Gasteiger partial charge is 0.497 e. The lowest BCUT2D eigenvalue weighted by atomic mass is 9.88. The summed E-state index contributed by atoms with van der Waals surface area (Å²) in [5.41, 5.74) is 7.31. The van der Waals surface area contributed by atoms with Gasteiger partial charge in [-0.3, -0.25) is 4.40 Å². The van der Waals surface area contributed by atoms with Crippen LogP contribution >= 0.6 is 0 Å². The monoisotopic (exact) mass is 460 g/mol. The number of benzene rings is 4. The molecule has 2 aromatic heterocycles. The molecular weight excluding hydrogens is 436 g/mol. The average molecular weight is 461 g/mol. The third-order valence-corrected chi connectivity index (χ3v) is 6.53. The number of ether oxygens (including phenoxy) is 3. The van der Waals surface area contributed by atoms with Gasteiger partial charge >= 0.3 is 0 Å². The Hall–Kier alpha value is -4.51. The summed E-state index contributed by atoms with van der Waals surface area (Å²) in [7, 11) is 5.06. The van der Waals surface area contributed by atoms with Crippen molar-refractivity contribution in [2.24, 2.45) is 0 Å². The van der Waals surface area contributed by atoms with Crippen molar-refractivity contribution in [1.82, 2.24) is 9.38 Å². The van der Waals surface area contributed by atoms with Crippen molar-refractivity contribution in [3.8, 4) is 39.5 Å². The van der Waals surface area contributed by atoms with Gasteiger partial charge in [0.05, 0.1) is 32.4 Å². The van der Waals surface area contributed by atoms with Gasteiger partial charge in [0.1, 0.15) is 22.9 Å². The quantitative estimate of drug-likeness (QED) is 0.278. The van der Waals surface area contributed by atoms with Gasteiger partial charge < -0.3 is 14.2 Å². The molecule has 5 nitrogen and oxygen atoms in total. The highest BCUT2D eigenvalue weighted by atomic mass is 16.5. The number of fused-ring (bicyclic) bond motifs is 5. The van der Waals surface area contributed by atoms with Crippen LogP contribution in [-0.4, -0.2) is 30.7 Å². The Morgan fingerprint density at radius 2 is 1.20 bits per heavy atom. The van der Waals surface area contributed by atoms with E-state index >= 15 is 0 Å². The molecule has 0 aliphatic heterocycles. The molecule has 172 valence electrons. The van der Waals surface area contributed by atoms with Gasteiger partial charge in [0, 0.05) is 17.1 Å². The maximum Gasteiger partial charge on any atom is 0.137 e. The predicted octanol–water partition coefficient (Wildman–Crippen LogP) is 7.00. The standard InChI is InChI=1S/C30H24N2O3/c1-33-21-11-7-19(8-12-21)27-25-18-23(35-3)15-16-24(25)29-30(32-17-5-4-6-26(32)31-29)28(27)20-9-13-22(34-2)14-10-20/h4-18H,1-3H3. The molecule has 0 amide bonds. The van der Waals surface area contributed by atoms with Crippen LogP contribution in [0.15, 0.2) is 91.1 Å². The number of pyridine rings is 1. The van der Waals surface area contributed by atoms with Crippen molar-refractivity contribution in [2.75, 3.05) is 21.3 Å². The summed E-state index contributed by atoms with van der Waals surface area (Å²) in [6, 6.07) is 28.7. The van der Waals surface area contributed by atoms with Gasteiger partial charge in [-0.15, -0.1) is 0 Å². The minimum Gasteiger partial charge on any atom is -0.497 e. The van der Waals surface area contributed by atoms with E-state index in [4.69, 9.17) is 19.2 Å². The van der Waals surface area contributed by atoms with Crippen molar-refractivity contribution in [2.45, 2.75) is 0 Å². The summed E-state index contributed by atoms with van der Waals surface area (Å²) >= 11 is 0. The van der Waals surface area contributed by atoms with Crippen LogP contribution in [0.2, 0.25) is 0 Å². The van der Waals surface area contributed by atoms with E-state index in [1.807, 2.05) is 48.5 Å². The molecule has 0 atom stereocenters. The average Bonchev–Trinajstić information content (AvgIpc) is 3.31. The maximum absolute atomic E-state index is 5.63. The van der Waals surface area contributed by atoms with Crippen LogP contribution in [0.3, 0.4) is 0 Å². The molecule has 6 rings (SSSR count). The molecule has 0 saturated heterocycles.